The zero-order valence-corrected chi connectivity index (χ0v) is 13.5. The van der Waals surface area contributed by atoms with Crippen molar-refractivity contribution in [3.63, 3.8) is 0 Å². The van der Waals surface area contributed by atoms with E-state index >= 15 is 0 Å². The van der Waals surface area contributed by atoms with Crippen LogP contribution in [0, 0.1) is 20.8 Å². The van der Waals surface area contributed by atoms with E-state index in [2.05, 4.69) is 15.9 Å². The van der Waals surface area contributed by atoms with E-state index in [1.807, 2.05) is 57.2 Å². The van der Waals surface area contributed by atoms with Crippen molar-refractivity contribution in [2.24, 2.45) is 0 Å². The third kappa shape index (κ3) is 3.28. The number of halogens is 1. The topological polar surface area (TPSA) is 26.3 Å². The molecule has 2 nitrogen and oxygen atoms in total. The van der Waals surface area contributed by atoms with Crippen molar-refractivity contribution in [3.05, 3.63) is 63.1 Å². The second kappa shape index (κ2) is 6.23. The maximum atomic E-state index is 12.3. The minimum absolute atomic E-state index is 0.00125. The molecule has 2 aromatic rings. The smallest absolute Gasteiger partial charge is 0.200 e. The molecule has 2 aromatic carbocycles. The first-order chi connectivity index (χ1) is 9.49. The molecule has 0 amide bonds. The number of carbonyl (C=O) groups excluding carboxylic acids is 1. The first-order valence-electron chi connectivity index (χ1n) is 6.47. The lowest BCUT2D eigenvalue weighted by atomic mass is 9.98. The van der Waals surface area contributed by atoms with Gasteiger partial charge < -0.3 is 4.74 Å². The lowest BCUT2D eigenvalue weighted by Crippen LogP contribution is -2.13. The summed E-state index contributed by atoms with van der Waals surface area (Å²) in [4.78, 5) is 12.3. The molecule has 0 aliphatic heterocycles. The van der Waals surface area contributed by atoms with Gasteiger partial charge in [-0.1, -0.05) is 18.2 Å². The Bertz CT molecular complexity index is 647. The molecule has 0 unspecified atom stereocenters. The number of ether oxygens (including phenoxy) is 1. The van der Waals surface area contributed by atoms with E-state index < -0.39 is 0 Å². The van der Waals surface area contributed by atoms with Crippen molar-refractivity contribution in [1.29, 1.82) is 0 Å². The molecule has 0 saturated carbocycles. The highest BCUT2D eigenvalue weighted by atomic mass is 79.9. The van der Waals surface area contributed by atoms with Crippen LogP contribution in [-0.4, -0.2) is 12.4 Å². The van der Waals surface area contributed by atoms with Crippen LogP contribution in [0.2, 0.25) is 0 Å². The number of hydrogen-bond acceptors (Lipinski definition) is 2. The van der Waals surface area contributed by atoms with E-state index in [4.69, 9.17) is 4.74 Å². The summed E-state index contributed by atoms with van der Waals surface area (Å²) in [6.07, 6.45) is 0. The minimum Gasteiger partial charge on any atom is -0.484 e. The molecule has 0 aliphatic carbocycles. The Morgan fingerprint density at radius 3 is 2.40 bits per heavy atom. The number of para-hydroxylation sites is 1. The average molecular weight is 333 g/mol. The van der Waals surface area contributed by atoms with Gasteiger partial charge in [0.05, 0.1) is 4.47 Å². The van der Waals surface area contributed by atoms with Crippen LogP contribution in [-0.2, 0) is 0 Å². The van der Waals surface area contributed by atoms with E-state index in [1.165, 1.54) is 5.56 Å². The van der Waals surface area contributed by atoms with Gasteiger partial charge in [-0.2, -0.15) is 0 Å². The molecule has 0 spiro atoms. The van der Waals surface area contributed by atoms with Crippen molar-refractivity contribution in [2.75, 3.05) is 6.61 Å². The highest BCUT2D eigenvalue weighted by Gasteiger charge is 2.12. The Morgan fingerprint density at radius 2 is 1.70 bits per heavy atom. The van der Waals surface area contributed by atoms with E-state index in [9.17, 15) is 4.79 Å². The molecule has 0 saturated heterocycles. The van der Waals surface area contributed by atoms with Crippen LogP contribution >= 0.6 is 15.9 Å². The SMILES string of the molecule is Cc1cc(C)c(C(=O)COc2ccccc2Br)cc1C. The fraction of sp³-hybridized carbons (Fsp3) is 0.235. The Morgan fingerprint density at radius 1 is 1.05 bits per heavy atom. The molecule has 0 bridgehead atoms. The zero-order chi connectivity index (χ0) is 14.7. The molecule has 20 heavy (non-hydrogen) atoms. The second-order valence-electron chi connectivity index (χ2n) is 4.89. The lowest BCUT2D eigenvalue weighted by Gasteiger charge is -2.11. The molecule has 2 rings (SSSR count). The summed E-state index contributed by atoms with van der Waals surface area (Å²) >= 11 is 3.40. The molecule has 0 heterocycles. The number of benzene rings is 2. The van der Waals surface area contributed by atoms with Gasteiger partial charge in [0.15, 0.2) is 12.4 Å². The van der Waals surface area contributed by atoms with Gasteiger partial charge >= 0.3 is 0 Å². The first kappa shape index (κ1) is 14.8. The van der Waals surface area contributed by atoms with Crippen molar-refractivity contribution in [2.45, 2.75) is 20.8 Å². The quantitative estimate of drug-likeness (QED) is 0.762. The lowest BCUT2D eigenvalue weighted by molar-refractivity contribution is 0.0920. The Balaban J connectivity index is 2.13. The average Bonchev–Trinajstić information content (AvgIpc) is 2.41. The fourth-order valence-corrected chi connectivity index (χ4v) is 2.44. The second-order valence-corrected chi connectivity index (χ2v) is 5.75. The van der Waals surface area contributed by atoms with Gasteiger partial charge in [-0.15, -0.1) is 0 Å². The predicted molar refractivity (Wildman–Crippen MR) is 84.6 cm³/mol. The zero-order valence-electron chi connectivity index (χ0n) is 11.9. The number of hydrogen-bond donors (Lipinski definition) is 0. The van der Waals surface area contributed by atoms with E-state index in [0.29, 0.717) is 5.75 Å². The Kier molecular flexibility index (Phi) is 4.61. The molecular formula is C17H17BrO2. The standard InChI is InChI=1S/C17H17BrO2/c1-11-8-13(3)14(9-12(11)2)16(19)10-20-17-7-5-4-6-15(17)18/h4-9H,10H2,1-3H3. The van der Waals surface area contributed by atoms with Crippen molar-refractivity contribution in [1.82, 2.24) is 0 Å². The van der Waals surface area contributed by atoms with E-state index in [1.54, 1.807) is 0 Å². The summed E-state index contributed by atoms with van der Waals surface area (Å²) in [6, 6.07) is 11.5. The van der Waals surface area contributed by atoms with Gasteiger partial charge in [0.2, 0.25) is 0 Å². The van der Waals surface area contributed by atoms with E-state index in [0.717, 1.165) is 21.2 Å². The summed E-state index contributed by atoms with van der Waals surface area (Å²) in [5.41, 5.74) is 4.06. The third-order valence-corrected chi connectivity index (χ3v) is 3.99. The molecular weight excluding hydrogens is 316 g/mol. The van der Waals surface area contributed by atoms with Crippen LogP contribution in [0.15, 0.2) is 40.9 Å². The fourth-order valence-electron chi connectivity index (χ4n) is 2.04. The van der Waals surface area contributed by atoms with Gasteiger partial charge in [0.1, 0.15) is 5.75 Å². The Labute approximate surface area is 127 Å². The summed E-state index contributed by atoms with van der Waals surface area (Å²) in [5, 5.41) is 0. The third-order valence-electron chi connectivity index (χ3n) is 3.34. The molecule has 0 aromatic heterocycles. The first-order valence-corrected chi connectivity index (χ1v) is 7.26. The van der Waals surface area contributed by atoms with Gasteiger partial charge in [-0.3, -0.25) is 4.79 Å². The van der Waals surface area contributed by atoms with Crippen LogP contribution in [0.4, 0.5) is 0 Å². The summed E-state index contributed by atoms with van der Waals surface area (Å²) < 4.78 is 6.43. The maximum absolute atomic E-state index is 12.3. The largest absolute Gasteiger partial charge is 0.484 e. The summed E-state index contributed by atoms with van der Waals surface area (Å²) in [5.74, 6) is 0.684. The Hall–Kier alpha value is -1.61. The van der Waals surface area contributed by atoms with Crippen LogP contribution in [0.3, 0.4) is 0 Å². The number of carbonyl (C=O) groups is 1. The molecule has 0 aliphatic rings. The molecule has 0 radical (unpaired) electrons. The molecule has 3 heteroatoms. The van der Waals surface area contributed by atoms with Crippen LogP contribution in [0.5, 0.6) is 5.75 Å². The predicted octanol–water partition coefficient (Wildman–Crippen LogP) is 4.64. The van der Waals surface area contributed by atoms with E-state index in [-0.39, 0.29) is 12.4 Å². The highest BCUT2D eigenvalue weighted by molar-refractivity contribution is 9.10. The van der Waals surface area contributed by atoms with Crippen LogP contribution in [0.1, 0.15) is 27.0 Å². The van der Waals surface area contributed by atoms with Gasteiger partial charge in [-0.25, -0.2) is 0 Å². The summed E-state index contributed by atoms with van der Waals surface area (Å²) in [7, 11) is 0. The van der Waals surface area contributed by atoms with Crippen molar-refractivity contribution < 1.29 is 9.53 Å². The highest BCUT2D eigenvalue weighted by Crippen LogP contribution is 2.24. The minimum atomic E-state index is 0.00125. The summed E-state index contributed by atoms with van der Waals surface area (Å²) in [6.45, 7) is 6.07. The van der Waals surface area contributed by atoms with Crippen LogP contribution < -0.4 is 4.74 Å². The molecule has 0 fully saturated rings. The van der Waals surface area contributed by atoms with Gasteiger partial charge in [-0.05, 0) is 71.6 Å². The number of ketones is 1. The number of aryl methyl sites for hydroxylation is 3. The van der Waals surface area contributed by atoms with Gasteiger partial charge in [0, 0.05) is 5.56 Å². The van der Waals surface area contributed by atoms with Gasteiger partial charge in [0.25, 0.3) is 0 Å². The maximum Gasteiger partial charge on any atom is 0.200 e. The molecule has 0 N–H and O–H groups in total. The number of rotatable bonds is 4. The normalized spacial score (nSPS) is 10.4. The number of Topliss-reactive ketones (excluding diaryl/α,β-unsaturated/α-hetero) is 1. The van der Waals surface area contributed by atoms with Crippen LogP contribution in [0.25, 0.3) is 0 Å². The van der Waals surface area contributed by atoms with Crippen molar-refractivity contribution in [3.8, 4) is 5.75 Å². The molecule has 104 valence electrons. The van der Waals surface area contributed by atoms with Crippen molar-refractivity contribution >= 4 is 21.7 Å². The molecule has 0 atom stereocenters. The monoisotopic (exact) mass is 332 g/mol.